The van der Waals surface area contributed by atoms with E-state index in [1.807, 2.05) is 63.5 Å². The Kier molecular flexibility index (Phi) is 18.4. The highest BCUT2D eigenvalue weighted by atomic mass is 35.5. The van der Waals surface area contributed by atoms with Crippen molar-refractivity contribution in [1.82, 2.24) is 10.6 Å². The van der Waals surface area contributed by atoms with Crippen LogP contribution in [0.5, 0.6) is 0 Å². The Morgan fingerprint density at radius 1 is 0.354 bits per heavy atom. The first-order chi connectivity index (χ1) is 39.1. The summed E-state index contributed by atoms with van der Waals surface area (Å²) < 4.78 is 6.86. The fraction of sp³-hybridized carbons (Fsp3) is 0.303. The summed E-state index contributed by atoms with van der Waals surface area (Å²) in [6, 6.07) is 50.8. The largest absolute Gasteiger partial charge is 0.371 e. The van der Waals surface area contributed by atoms with Crippen LogP contribution in [0, 0.1) is 0 Å². The first-order valence-electron chi connectivity index (χ1n) is 28.3. The SMILES string of the molecule is C1CNCCN1.Clc1cccc2sccc12.c1cc(N2CCCCC2)c2ccsc2c1.c1cc(N2CCN(c3cccc4sccc34)CC2)c2ccsc2c1.c1cc2c(c(N3CCCCC3)c1)CC(c1cccc3sccc13)S2. The highest BCUT2D eigenvalue weighted by Crippen LogP contribution is 2.51. The lowest BCUT2D eigenvalue weighted by Gasteiger charge is -2.38. The molecule has 1 atom stereocenters. The van der Waals surface area contributed by atoms with E-state index in [1.54, 1.807) is 16.9 Å². The molecule has 0 amide bonds. The molecule has 0 saturated carbocycles. The molecular formula is C66H69ClN6S6. The van der Waals surface area contributed by atoms with Gasteiger partial charge in [-0.25, -0.2) is 0 Å². The molecule has 13 heteroatoms. The lowest BCUT2D eigenvalue weighted by atomic mass is 9.99. The van der Waals surface area contributed by atoms with Gasteiger partial charge in [0.2, 0.25) is 0 Å². The average Bonchev–Trinajstić information content (AvgIpc) is 4.42. The summed E-state index contributed by atoms with van der Waals surface area (Å²) in [5.74, 6) is 0. The number of halogens is 1. The van der Waals surface area contributed by atoms with Crippen molar-refractivity contribution >= 4 is 153 Å². The maximum atomic E-state index is 5.91. The number of hydrogen-bond donors (Lipinski definition) is 2. The summed E-state index contributed by atoms with van der Waals surface area (Å²) in [6.07, 6.45) is 9.34. The minimum Gasteiger partial charge on any atom is -0.371 e. The molecule has 10 heterocycles. The molecule has 0 radical (unpaired) electrons. The fourth-order valence-electron chi connectivity index (χ4n) is 11.8. The van der Waals surface area contributed by atoms with Gasteiger partial charge in [-0.05, 0) is 185 Å². The number of benzene rings is 6. The van der Waals surface area contributed by atoms with Gasteiger partial charge in [-0.1, -0.05) is 54.1 Å². The number of piperidine rings is 2. The average molecular weight is 1170 g/mol. The van der Waals surface area contributed by atoms with E-state index in [-0.39, 0.29) is 0 Å². The van der Waals surface area contributed by atoms with Gasteiger partial charge in [0.25, 0.3) is 0 Å². The van der Waals surface area contributed by atoms with Crippen molar-refractivity contribution < 1.29 is 0 Å². The molecule has 6 aromatic carbocycles. The third-order valence-electron chi connectivity index (χ3n) is 15.8. The van der Waals surface area contributed by atoms with Crippen molar-refractivity contribution in [2.24, 2.45) is 0 Å². The smallest absolute Gasteiger partial charge is 0.0492 e. The van der Waals surface area contributed by atoms with Gasteiger partial charge in [0.1, 0.15) is 0 Å². The zero-order chi connectivity index (χ0) is 53.2. The van der Waals surface area contributed by atoms with E-state index < -0.39 is 0 Å². The van der Waals surface area contributed by atoms with Gasteiger partial charge < -0.3 is 30.2 Å². The van der Waals surface area contributed by atoms with Crippen molar-refractivity contribution in [1.29, 1.82) is 0 Å². The number of hydrogen-bond acceptors (Lipinski definition) is 12. The van der Waals surface area contributed by atoms with Gasteiger partial charge in [-0.2, -0.15) is 0 Å². The van der Waals surface area contributed by atoms with Crippen LogP contribution in [0.1, 0.15) is 54.9 Å². The van der Waals surface area contributed by atoms with Crippen LogP contribution in [0.25, 0.3) is 50.4 Å². The summed E-state index contributed by atoms with van der Waals surface area (Å²) >= 11 is 17.0. The Labute approximate surface area is 495 Å². The third-order valence-corrected chi connectivity index (χ3v) is 21.9. The monoisotopic (exact) mass is 1170 g/mol. The summed E-state index contributed by atoms with van der Waals surface area (Å²) in [7, 11) is 0. The molecule has 16 rings (SSSR count). The van der Waals surface area contributed by atoms with Crippen molar-refractivity contribution in [3.05, 3.63) is 183 Å². The zero-order valence-corrected chi connectivity index (χ0v) is 50.4. The molecule has 1 unspecified atom stereocenters. The Hall–Kier alpha value is -5.12. The molecule has 5 aliphatic rings. The highest BCUT2D eigenvalue weighted by Gasteiger charge is 2.29. The number of nitrogens with one attached hydrogen (secondary N) is 2. The van der Waals surface area contributed by atoms with Gasteiger partial charge in [0.15, 0.2) is 0 Å². The molecule has 5 aromatic heterocycles. The topological polar surface area (TPSA) is 37.0 Å². The van der Waals surface area contributed by atoms with Crippen LogP contribution < -0.4 is 30.2 Å². The van der Waals surface area contributed by atoms with Crippen LogP contribution in [0.4, 0.5) is 22.7 Å². The van der Waals surface area contributed by atoms with E-state index in [4.69, 9.17) is 11.6 Å². The highest BCUT2D eigenvalue weighted by molar-refractivity contribution is 8.00. The number of thioether (sulfide) groups is 1. The van der Waals surface area contributed by atoms with E-state index >= 15 is 0 Å². The molecule has 0 aliphatic carbocycles. The molecule has 406 valence electrons. The third kappa shape index (κ3) is 12.8. The summed E-state index contributed by atoms with van der Waals surface area (Å²) in [5, 5.41) is 25.6. The predicted molar refractivity (Wildman–Crippen MR) is 355 cm³/mol. The van der Waals surface area contributed by atoms with Gasteiger partial charge in [-0.15, -0.1) is 68.4 Å². The number of anilines is 4. The number of rotatable bonds is 5. The second kappa shape index (κ2) is 26.6. The standard InChI is InChI=1S/C21H21NS2.C20H18N2S2.C13H15NS.C8H5ClS.C4H10N2/c1-2-11-22(12-3-1)18-7-5-9-20-17(18)14-21(24-20)15-6-4-8-19-16(15)10-13-23-19;1-3-17(15-7-13-23-19(15)5-1)21-9-11-22(12-10-21)18-4-2-6-20-16(18)8-14-24-20;1-2-8-14(9-3-1)12-5-4-6-13-11(12)7-10-15-13;9-7-2-1-3-8-6(7)4-5-10-8;1-2-6-4-3-5-1/h4-10,13,21H,1-3,11-12,14H2;1-8,13-14H,9-12H2;4-7,10H,1-3,8-9H2;1-5H;5-6H,1-4H2. The molecule has 2 N–H and O–H groups in total. The van der Waals surface area contributed by atoms with Gasteiger partial charge in [0, 0.05) is 161 Å². The first-order valence-corrected chi connectivity index (χ1v) is 33.9. The zero-order valence-electron chi connectivity index (χ0n) is 44.8. The van der Waals surface area contributed by atoms with Crippen LogP contribution in [-0.4, -0.2) is 78.5 Å². The first kappa shape index (κ1) is 54.5. The van der Waals surface area contributed by atoms with Crippen LogP contribution in [-0.2, 0) is 6.42 Å². The summed E-state index contributed by atoms with van der Waals surface area (Å²) in [4.78, 5) is 11.7. The minimum absolute atomic E-state index is 0.559. The summed E-state index contributed by atoms with van der Waals surface area (Å²) in [6.45, 7) is 13.8. The Balaban J connectivity index is 0.000000106. The number of fused-ring (bicyclic) bond motifs is 6. The van der Waals surface area contributed by atoms with E-state index in [0.717, 1.165) is 62.8 Å². The fourth-order valence-corrected chi connectivity index (χ4v) is 17.5. The molecule has 79 heavy (non-hydrogen) atoms. The number of piperazine rings is 2. The Morgan fingerprint density at radius 2 is 0.722 bits per heavy atom. The molecule has 0 spiro atoms. The molecule has 5 aliphatic heterocycles. The van der Waals surface area contributed by atoms with Crippen molar-refractivity contribution in [3.8, 4) is 0 Å². The van der Waals surface area contributed by atoms with Gasteiger partial charge >= 0.3 is 0 Å². The number of nitrogens with zero attached hydrogens (tertiary/aromatic N) is 4. The molecule has 6 nitrogen and oxygen atoms in total. The van der Waals surface area contributed by atoms with Gasteiger partial charge in [-0.3, -0.25) is 0 Å². The van der Waals surface area contributed by atoms with Crippen molar-refractivity contribution in [3.63, 3.8) is 0 Å². The normalized spacial score (nSPS) is 17.4. The van der Waals surface area contributed by atoms with Gasteiger partial charge in [0.05, 0.1) is 0 Å². The molecule has 11 aromatic rings. The number of thiophene rings is 5. The maximum absolute atomic E-state index is 5.91. The van der Waals surface area contributed by atoms with Crippen LogP contribution in [0.15, 0.2) is 171 Å². The molecule has 4 fully saturated rings. The minimum atomic E-state index is 0.559. The Morgan fingerprint density at radius 3 is 1.19 bits per heavy atom. The summed E-state index contributed by atoms with van der Waals surface area (Å²) in [5.41, 5.74) is 8.82. The van der Waals surface area contributed by atoms with Crippen LogP contribution in [0.3, 0.4) is 0 Å². The lowest BCUT2D eigenvalue weighted by molar-refractivity contribution is 0.534. The second-order valence-corrected chi connectivity index (χ2v) is 27.1. The van der Waals surface area contributed by atoms with E-state index in [0.29, 0.717) is 5.25 Å². The van der Waals surface area contributed by atoms with Crippen molar-refractivity contribution in [2.45, 2.75) is 55.1 Å². The van der Waals surface area contributed by atoms with E-state index in [9.17, 15) is 0 Å². The van der Waals surface area contributed by atoms with Crippen molar-refractivity contribution in [2.75, 3.05) is 98.1 Å². The molecular weight excluding hydrogens is 1100 g/mol. The lowest BCUT2D eigenvalue weighted by Crippen LogP contribution is -2.46. The second-order valence-electron chi connectivity index (χ2n) is 20.7. The van der Waals surface area contributed by atoms with Crippen LogP contribution in [0.2, 0.25) is 5.02 Å². The molecule has 4 saturated heterocycles. The maximum Gasteiger partial charge on any atom is 0.0492 e. The van der Waals surface area contributed by atoms with E-state index in [1.165, 1.54) is 149 Å². The van der Waals surface area contributed by atoms with Crippen LogP contribution >= 0.6 is 80.0 Å². The van der Waals surface area contributed by atoms with E-state index in [2.05, 4.69) is 190 Å². The quantitative estimate of drug-likeness (QED) is 0.178. The Bertz CT molecular complexity index is 3610. The molecule has 0 bridgehead atoms. The predicted octanol–water partition coefficient (Wildman–Crippen LogP) is 18.3.